The van der Waals surface area contributed by atoms with Crippen LogP contribution in [-0.2, 0) is 6.18 Å². The molecule has 0 radical (unpaired) electrons. The average molecular weight is 351 g/mol. The van der Waals surface area contributed by atoms with Gasteiger partial charge in [0.1, 0.15) is 0 Å². The zero-order valence-corrected chi connectivity index (χ0v) is 14.7. The summed E-state index contributed by atoms with van der Waals surface area (Å²) in [6.07, 6.45) is -4.82. The van der Waals surface area contributed by atoms with Gasteiger partial charge in [0.15, 0.2) is 0 Å². The Morgan fingerprint density at radius 3 is 1.96 bits per heavy atom. The number of benzene rings is 2. The van der Waals surface area contributed by atoms with E-state index in [4.69, 9.17) is 0 Å². The Hall–Kier alpha value is -2.01. The number of nitrogens with zero attached hydrogens (tertiary/aromatic N) is 1. The Kier molecular flexibility index (Phi) is 6.11. The summed E-state index contributed by atoms with van der Waals surface area (Å²) in [4.78, 5) is 2.06. The summed E-state index contributed by atoms with van der Waals surface area (Å²) in [7, 11) is 0. The highest BCUT2D eigenvalue weighted by atomic mass is 19.4. The third-order valence-electron chi connectivity index (χ3n) is 4.19. The predicted molar refractivity (Wildman–Crippen MR) is 94.9 cm³/mol. The highest BCUT2D eigenvalue weighted by molar-refractivity contribution is 5.48. The van der Waals surface area contributed by atoms with Crippen LogP contribution in [0.3, 0.4) is 0 Å². The van der Waals surface area contributed by atoms with Crippen molar-refractivity contribution in [3.63, 3.8) is 0 Å². The molecule has 2 nitrogen and oxygen atoms in total. The highest BCUT2D eigenvalue weighted by Gasteiger charge is 2.30. The van der Waals surface area contributed by atoms with Gasteiger partial charge in [0, 0.05) is 18.8 Å². The predicted octanol–water partition coefficient (Wildman–Crippen LogP) is 5.00. The SMILES string of the molecule is Cc1ccc(N(CC(C)c2ccc(C(F)(F)F)cc2)C[C@@H](C)O)cc1. The lowest BCUT2D eigenvalue weighted by Gasteiger charge is -2.29. The first-order chi connectivity index (χ1) is 11.7. The van der Waals surface area contributed by atoms with Crippen molar-refractivity contribution >= 4 is 5.69 Å². The van der Waals surface area contributed by atoms with E-state index in [-0.39, 0.29) is 5.92 Å². The van der Waals surface area contributed by atoms with E-state index in [1.807, 2.05) is 38.1 Å². The number of aliphatic hydroxyl groups is 1. The molecule has 0 bridgehead atoms. The second kappa shape index (κ2) is 7.91. The van der Waals surface area contributed by atoms with Gasteiger partial charge in [-0.25, -0.2) is 0 Å². The smallest absolute Gasteiger partial charge is 0.392 e. The van der Waals surface area contributed by atoms with Crippen LogP contribution in [0.1, 0.15) is 36.5 Å². The molecule has 0 heterocycles. The summed E-state index contributed by atoms with van der Waals surface area (Å²) in [5, 5.41) is 9.78. The largest absolute Gasteiger partial charge is 0.416 e. The van der Waals surface area contributed by atoms with Crippen LogP contribution in [0, 0.1) is 6.92 Å². The minimum absolute atomic E-state index is 0.0299. The van der Waals surface area contributed by atoms with E-state index in [2.05, 4.69) is 4.90 Å². The molecule has 0 fully saturated rings. The number of hydrogen-bond acceptors (Lipinski definition) is 2. The quantitative estimate of drug-likeness (QED) is 0.791. The first-order valence-corrected chi connectivity index (χ1v) is 8.33. The van der Waals surface area contributed by atoms with Gasteiger partial charge < -0.3 is 10.0 Å². The molecule has 0 aliphatic rings. The molecule has 2 rings (SSSR count). The number of anilines is 1. The van der Waals surface area contributed by atoms with Crippen molar-refractivity contribution in [2.45, 2.75) is 39.0 Å². The van der Waals surface area contributed by atoms with Crippen LogP contribution in [0.5, 0.6) is 0 Å². The maximum absolute atomic E-state index is 12.7. The van der Waals surface area contributed by atoms with Crippen molar-refractivity contribution in [1.82, 2.24) is 0 Å². The number of rotatable bonds is 6. The number of alkyl halides is 3. The average Bonchev–Trinajstić information content (AvgIpc) is 2.54. The summed E-state index contributed by atoms with van der Waals surface area (Å²) in [6, 6.07) is 13.3. The molecule has 0 spiro atoms. The maximum atomic E-state index is 12.7. The maximum Gasteiger partial charge on any atom is 0.416 e. The number of aliphatic hydroxyl groups excluding tert-OH is 1. The summed E-state index contributed by atoms with van der Waals surface area (Å²) in [6.45, 7) is 6.79. The lowest BCUT2D eigenvalue weighted by atomic mass is 9.98. The summed E-state index contributed by atoms with van der Waals surface area (Å²) >= 11 is 0. The normalized spacial score (nSPS) is 14.2. The van der Waals surface area contributed by atoms with Crippen LogP contribution in [0.4, 0.5) is 18.9 Å². The molecule has 1 N–H and O–H groups in total. The Bertz CT molecular complexity index is 663. The second-order valence-electron chi connectivity index (χ2n) is 6.61. The van der Waals surface area contributed by atoms with E-state index in [1.54, 1.807) is 6.92 Å². The van der Waals surface area contributed by atoms with Gasteiger partial charge >= 0.3 is 6.18 Å². The molecule has 136 valence electrons. The van der Waals surface area contributed by atoms with Crippen molar-refractivity contribution in [3.05, 3.63) is 65.2 Å². The Morgan fingerprint density at radius 1 is 0.920 bits per heavy atom. The van der Waals surface area contributed by atoms with E-state index in [0.717, 1.165) is 28.9 Å². The minimum atomic E-state index is -4.32. The van der Waals surface area contributed by atoms with Crippen molar-refractivity contribution in [1.29, 1.82) is 0 Å². The van der Waals surface area contributed by atoms with Crippen LogP contribution in [0.15, 0.2) is 48.5 Å². The first kappa shape index (κ1) is 19.3. The molecule has 2 atom stereocenters. The van der Waals surface area contributed by atoms with Crippen LogP contribution in [-0.4, -0.2) is 24.3 Å². The number of aryl methyl sites for hydroxylation is 1. The third kappa shape index (κ3) is 5.49. The van der Waals surface area contributed by atoms with Crippen LogP contribution in [0.2, 0.25) is 0 Å². The molecule has 2 aromatic rings. The molecule has 0 aromatic heterocycles. The van der Waals surface area contributed by atoms with Gasteiger partial charge in [-0.1, -0.05) is 36.8 Å². The van der Waals surface area contributed by atoms with Crippen LogP contribution < -0.4 is 4.90 Å². The minimum Gasteiger partial charge on any atom is -0.392 e. The van der Waals surface area contributed by atoms with E-state index < -0.39 is 17.8 Å². The zero-order chi connectivity index (χ0) is 18.6. The van der Waals surface area contributed by atoms with Gasteiger partial charge in [0.05, 0.1) is 11.7 Å². The molecule has 2 aromatic carbocycles. The van der Waals surface area contributed by atoms with Crippen molar-refractivity contribution in [2.24, 2.45) is 0 Å². The van der Waals surface area contributed by atoms with Gasteiger partial charge in [-0.05, 0) is 49.6 Å². The van der Waals surface area contributed by atoms with Crippen molar-refractivity contribution in [3.8, 4) is 0 Å². The van der Waals surface area contributed by atoms with E-state index in [9.17, 15) is 18.3 Å². The van der Waals surface area contributed by atoms with Crippen molar-refractivity contribution < 1.29 is 18.3 Å². The molecule has 25 heavy (non-hydrogen) atoms. The van der Waals surface area contributed by atoms with E-state index in [0.29, 0.717) is 13.1 Å². The van der Waals surface area contributed by atoms with Crippen LogP contribution >= 0.6 is 0 Å². The fourth-order valence-electron chi connectivity index (χ4n) is 2.80. The Balaban J connectivity index is 2.15. The molecule has 0 amide bonds. The zero-order valence-electron chi connectivity index (χ0n) is 14.7. The number of halogens is 3. The molecular formula is C20H24F3NO. The topological polar surface area (TPSA) is 23.5 Å². The van der Waals surface area contributed by atoms with Gasteiger partial charge in [-0.3, -0.25) is 0 Å². The fraction of sp³-hybridized carbons (Fsp3) is 0.400. The van der Waals surface area contributed by atoms with Gasteiger partial charge in [0.2, 0.25) is 0 Å². The molecular weight excluding hydrogens is 327 g/mol. The third-order valence-corrected chi connectivity index (χ3v) is 4.19. The van der Waals surface area contributed by atoms with E-state index >= 15 is 0 Å². The van der Waals surface area contributed by atoms with Crippen molar-refractivity contribution in [2.75, 3.05) is 18.0 Å². The first-order valence-electron chi connectivity index (χ1n) is 8.33. The second-order valence-corrected chi connectivity index (χ2v) is 6.61. The summed E-state index contributed by atoms with van der Waals surface area (Å²) in [5.74, 6) is 0.0299. The fourth-order valence-corrected chi connectivity index (χ4v) is 2.80. The van der Waals surface area contributed by atoms with E-state index in [1.165, 1.54) is 12.1 Å². The number of hydrogen-bond donors (Lipinski definition) is 1. The Morgan fingerprint density at radius 2 is 1.48 bits per heavy atom. The van der Waals surface area contributed by atoms with Gasteiger partial charge in [0.25, 0.3) is 0 Å². The molecule has 5 heteroatoms. The standard InChI is InChI=1S/C20H24F3NO/c1-14-4-10-19(11-5-14)24(13-16(3)25)12-15(2)17-6-8-18(9-7-17)20(21,22)23/h4-11,15-16,25H,12-13H2,1-3H3/t15?,16-/m1/s1. The lowest BCUT2D eigenvalue weighted by Crippen LogP contribution is -2.34. The molecule has 0 aliphatic heterocycles. The lowest BCUT2D eigenvalue weighted by molar-refractivity contribution is -0.137. The van der Waals surface area contributed by atoms with Crippen LogP contribution in [0.25, 0.3) is 0 Å². The van der Waals surface area contributed by atoms with Gasteiger partial charge in [-0.15, -0.1) is 0 Å². The molecule has 0 aliphatic carbocycles. The molecule has 0 saturated heterocycles. The monoisotopic (exact) mass is 351 g/mol. The molecule has 1 unspecified atom stereocenters. The highest BCUT2D eigenvalue weighted by Crippen LogP contribution is 2.30. The molecule has 0 saturated carbocycles. The summed E-state index contributed by atoms with van der Waals surface area (Å²) < 4.78 is 38.1. The van der Waals surface area contributed by atoms with Gasteiger partial charge in [-0.2, -0.15) is 13.2 Å². The Labute approximate surface area is 146 Å². The summed E-state index contributed by atoms with van der Waals surface area (Å²) in [5.41, 5.74) is 2.35.